The molecular formula is C20H38O5. The number of rotatable bonds is 14. The van der Waals surface area contributed by atoms with E-state index in [0.29, 0.717) is 6.61 Å². The third-order valence-electron chi connectivity index (χ3n) is 4.78. The van der Waals surface area contributed by atoms with E-state index in [0.717, 1.165) is 6.42 Å². The fourth-order valence-electron chi connectivity index (χ4n) is 3.15. The van der Waals surface area contributed by atoms with Crippen LogP contribution in [0.5, 0.6) is 0 Å². The first-order valence-electron chi connectivity index (χ1n) is 10.1. The van der Waals surface area contributed by atoms with Crippen molar-refractivity contribution in [1.82, 2.24) is 0 Å². The standard InChI is InChI=1S/C20H38O5/c1-2-3-4-5-6-7-8-9-10-11-12-13-14-24-20-17(22)16-25-18(15-21)19(20)23/h12-13,17-23H,2-11,14-16H2,1H3/b13-12+/t17-,18+,19+,20+/m1/s1. The van der Waals surface area contributed by atoms with Crippen molar-refractivity contribution in [3.8, 4) is 0 Å². The second-order valence-corrected chi connectivity index (χ2v) is 7.00. The SMILES string of the molecule is CCCCCCCCCCC/C=C/CO[C@@H]1[C@@H](O)[C@H](CO)OC[C@H]1O. The fraction of sp³-hybridized carbons (Fsp3) is 0.900. The number of aliphatic hydroxyl groups is 3. The molecule has 5 nitrogen and oxygen atoms in total. The average Bonchev–Trinajstić information content (AvgIpc) is 2.61. The quantitative estimate of drug-likeness (QED) is 0.329. The Kier molecular flexibility index (Phi) is 13.3. The van der Waals surface area contributed by atoms with Gasteiger partial charge in [-0.15, -0.1) is 0 Å². The van der Waals surface area contributed by atoms with Gasteiger partial charge in [0.2, 0.25) is 0 Å². The van der Waals surface area contributed by atoms with Gasteiger partial charge in [0.25, 0.3) is 0 Å². The Bertz CT molecular complexity index is 334. The lowest BCUT2D eigenvalue weighted by atomic mass is 10.0. The first-order valence-corrected chi connectivity index (χ1v) is 10.1. The van der Waals surface area contributed by atoms with E-state index in [1.165, 1.54) is 57.8 Å². The van der Waals surface area contributed by atoms with Crippen LogP contribution in [-0.2, 0) is 9.47 Å². The van der Waals surface area contributed by atoms with Crippen molar-refractivity contribution >= 4 is 0 Å². The number of aliphatic hydroxyl groups excluding tert-OH is 3. The van der Waals surface area contributed by atoms with E-state index in [4.69, 9.17) is 14.6 Å². The summed E-state index contributed by atoms with van der Waals surface area (Å²) in [5.74, 6) is 0. The van der Waals surface area contributed by atoms with Gasteiger partial charge in [0.15, 0.2) is 0 Å². The highest BCUT2D eigenvalue weighted by molar-refractivity contribution is 4.89. The van der Waals surface area contributed by atoms with Crippen LogP contribution in [-0.4, -0.2) is 59.6 Å². The molecule has 0 aromatic rings. The van der Waals surface area contributed by atoms with Gasteiger partial charge in [0.1, 0.15) is 24.4 Å². The summed E-state index contributed by atoms with van der Waals surface area (Å²) in [6.45, 7) is 2.41. The minimum Gasteiger partial charge on any atom is -0.394 e. The predicted octanol–water partition coefficient (Wildman–Crippen LogP) is 2.96. The van der Waals surface area contributed by atoms with Crippen LogP contribution in [0, 0.1) is 0 Å². The zero-order chi connectivity index (χ0) is 18.3. The Labute approximate surface area is 153 Å². The third-order valence-corrected chi connectivity index (χ3v) is 4.78. The normalized spacial score (nSPS) is 27.2. The van der Waals surface area contributed by atoms with Gasteiger partial charge < -0.3 is 24.8 Å². The number of ether oxygens (including phenoxy) is 2. The van der Waals surface area contributed by atoms with Gasteiger partial charge in [0, 0.05) is 0 Å². The lowest BCUT2D eigenvalue weighted by Gasteiger charge is -2.36. The van der Waals surface area contributed by atoms with Crippen LogP contribution in [0.4, 0.5) is 0 Å². The summed E-state index contributed by atoms with van der Waals surface area (Å²) in [5, 5.41) is 28.9. The maximum Gasteiger partial charge on any atom is 0.114 e. The highest BCUT2D eigenvalue weighted by Crippen LogP contribution is 2.18. The Morgan fingerprint density at radius 1 is 0.960 bits per heavy atom. The number of hydrogen-bond donors (Lipinski definition) is 3. The van der Waals surface area contributed by atoms with E-state index >= 15 is 0 Å². The molecule has 0 amide bonds. The van der Waals surface area contributed by atoms with E-state index < -0.39 is 24.4 Å². The summed E-state index contributed by atoms with van der Waals surface area (Å²) in [4.78, 5) is 0. The van der Waals surface area contributed by atoms with Gasteiger partial charge in [-0.1, -0.05) is 70.4 Å². The molecule has 4 atom stereocenters. The van der Waals surface area contributed by atoms with Crippen molar-refractivity contribution in [3.63, 3.8) is 0 Å². The second-order valence-electron chi connectivity index (χ2n) is 7.00. The Hall–Kier alpha value is -0.460. The number of allylic oxidation sites excluding steroid dienone is 1. The van der Waals surface area contributed by atoms with Gasteiger partial charge in [-0.3, -0.25) is 0 Å². The molecule has 1 aliphatic rings. The second kappa shape index (κ2) is 14.7. The minimum atomic E-state index is -1.00. The molecule has 1 saturated heterocycles. The van der Waals surface area contributed by atoms with Crippen molar-refractivity contribution in [2.75, 3.05) is 19.8 Å². The molecule has 0 aromatic heterocycles. The molecule has 1 rings (SSSR count). The lowest BCUT2D eigenvalue weighted by molar-refractivity contribution is -0.207. The molecule has 0 spiro atoms. The molecule has 25 heavy (non-hydrogen) atoms. The minimum absolute atomic E-state index is 0.0785. The van der Waals surface area contributed by atoms with Gasteiger partial charge in [0.05, 0.1) is 19.8 Å². The number of hydrogen-bond acceptors (Lipinski definition) is 5. The lowest BCUT2D eigenvalue weighted by Crippen LogP contribution is -2.55. The molecular weight excluding hydrogens is 320 g/mol. The summed E-state index contributed by atoms with van der Waals surface area (Å²) in [5.41, 5.74) is 0. The molecule has 148 valence electrons. The van der Waals surface area contributed by atoms with Gasteiger partial charge >= 0.3 is 0 Å². The average molecular weight is 359 g/mol. The Morgan fingerprint density at radius 3 is 2.24 bits per heavy atom. The largest absolute Gasteiger partial charge is 0.394 e. The fourth-order valence-corrected chi connectivity index (χ4v) is 3.15. The van der Waals surface area contributed by atoms with E-state index in [-0.39, 0.29) is 13.2 Å². The van der Waals surface area contributed by atoms with Crippen molar-refractivity contribution < 1.29 is 24.8 Å². The molecule has 1 fully saturated rings. The van der Waals surface area contributed by atoms with E-state index in [1.807, 2.05) is 6.08 Å². The van der Waals surface area contributed by atoms with Crippen LogP contribution in [0.3, 0.4) is 0 Å². The molecule has 0 saturated carbocycles. The van der Waals surface area contributed by atoms with E-state index in [2.05, 4.69) is 13.0 Å². The molecule has 5 heteroatoms. The summed E-state index contributed by atoms with van der Waals surface area (Å²) in [6.07, 6.45) is 13.8. The van der Waals surface area contributed by atoms with E-state index in [9.17, 15) is 10.2 Å². The van der Waals surface area contributed by atoms with Crippen LogP contribution in [0.25, 0.3) is 0 Å². The van der Waals surface area contributed by atoms with Crippen LogP contribution < -0.4 is 0 Å². The molecule has 1 heterocycles. The van der Waals surface area contributed by atoms with Crippen LogP contribution >= 0.6 is 0 Å². The van der Waals surface area contributed by atoms with Crippen LogP contribution in [0.2, 0.25) is 0 Å². The predicted molar refractivity (Wildman–Crippen MR) is 99.6 cm³/mol. The van der Waals surface area contributed by atoms with Crippen LogP contribution in [0.15, 0.2) is 12.2 Å². The monoisotopic (exact) mass is 358 g/mol. The summed E-state index contributed by atoms with van der Waals surface area (Å²) in [6, 6.07) is 0. The molecule has 0 aromatic carbocycles. The maximum atomic E-state index is 10.00. The Morgan fingerprint density at radius 2 is 1.60 bits per heavy atom. The topological polar surface area (TPSA) is 79.2 Å². The molecule has 0 radical (unpaired) electrons. The highest BCUT2D eigenvalue weighted by atomic mass is 16.6. The van der Waals surface area contributed by atoms with Crippen molar-refractivity contribution in [3.05, 3.63) is 12.2 Å². The zero-order valence-electron chi connectivity index (χ0n) is 15.8. The first-order chi connectivity index (χ1) is 12.2. The van der Waals surface area contributed by atoms with Gasteiger partial charge in [-0.05, 0) is 12.8 Å². The third kappa shape index (κ3) is 9.71. The molecule has 3 N–H and O–H groups in total. The maximum absolute atomic E-state index is 10.00. The highest BCUT2D eigenvalue weighted by Gasteiger charge is 2.38. The Balaban J connectivity index is 1.99. The van der Waals surface area contributed by atoms with E-state index in [1.54, 1.807) is 0 Å². The number of unbranched alkanes of at least 4 members (excludes halogenated alkanes) is 9. The van der Waals surface area contributed by atoms with Crippen molar-refractivity contribution in [2.24, 2.45) is 0 Å². The summed E-state index contributed by atoms with van der Waals surface area (Å²) < 4.78 is 10.7. The van der Waals surface area contributed by atoms with Crippen molar-refractivity contribution in [2.45, 2.75) is 95.5 Å². The summed E-state index contributed by atoms with van der Waals surface area (Å²) in [7, 11) is 0. The molecule has 0 aliphatic carbocycles. The first kappa shape index (κ1) is 22.6. The van der Waals surface area contributed by atoms with Crippen LogP contribution in [0.1, 0.15) is 71.1 Å². The molecule has 1 aliphatic heterocycles. The summed E-state index contributed by atoms with van der Waals surface area (Å²) >= 11 is 0. The van der Waals surface area contributed by atoms with Gasteiger partial charge in [-0.25, -0.2) is 0 Å². The van der Waals surface area contributed by atoms with Crippen molar-refractivity contribution in [1.29, 1.82) is 0 Å². The molecule has 0 unspecified atom stereocenters. The van der Waals surface area contributed by atoms with Gasteiger partial charge in [-0.2, -0.15) is 0 Å². The molecule has 0 bridgehead atoms. The zero-order valence-corrected chi connectivity index (χ0v) is 15.8. The smallest absolute Gasteiger partial charge is 0.114 e.